The summed E-state index contributed by atoms with van der Waals surface area (Å²) >= 11 is 0. The summed E-state index contributed by atoms with van der Waals surface area (Å²) in [6.45, 7) is 5.74. The normalized spacial score (nSPS) is 14.6. The lowest BCUT2D eigenvalue weighted by molar-refractivity contribution is 0.104. The van der Waals surface area contributed by atoms with E-state index in [1.54, 1.807) is 0 Å². The molecule has 4 N–H and O–H groups in total. The van der Waals surface area contributed by atoms with Crippen LogP contribution in [-0.4, -0.2) is 60.8 Å². The zero-order chi connectivity index (χ0) is 25.6. The van der Waals surface area contributed by atoms with Gasteiger partial charge in [0.25, 0.3) is 0 Å². The second-order valence-corrected chi connectivity index (χ2v) is 9.40. The highest BCUT2D eigenvalue weighted by Crippen LogP contribution is 2.11. The molecule has 0 fully saturated rings. The van der Waals surface area contributed by atoms with Gasteiger partial charge in [0.05, 0.1) is 0 Å². The zero-order valence-corrected chi connectivity index (χ0v) is 21.3. The Morgan fingerprint density at radius 2 is 0.944 bits per heavy atom. The van der Waals surface area contributed by atoms with Gasteiger partial charge in [-0.2, -0.15) is 0 Å². The van der Waals surface area contributed by atoms with Crippen LogP contribution in [0.1, 0.15) is 25.0 Å². The van der Waals surface area contributed by atoms with Crippen molar-refractivity contribution in [3.63, 3.8) is 0 Å². The van der Waals surface area contributed by atoms with Crippen LogP contribution in [-0.2, 0) is 12.8 Å². The van der Waals surface area contributed by atoms with Crippen molar-refractivity contribution in [2.75, 3.05) is 26.3 Å². The van der Waals surface area contributed by atoms with E-state index in [-0.39, 0.29) is 25.3 Å². The maximum atomic E-state index is 10.2. The molecule has 3 rings (SSSR count). The quantitative estimate of drug-likeness (QED) is 0.245. The van der Waals surface area contributed by atoms with E-state index in [2.05, 4.69) is 48.7 Å². The Bertz CT molecular complexity index is 889. The molecular weight excluding hydrogens is 452 g/mol. The lowest BCUT2D eigenvalue weighted by Gasteiger charge is -2.19. The summed E-state index contributed by atoms with van der Waals surface area (Å²) in [5, 5.41) is 27.2. The first kappa shape index (κ1) is 27.7. The first-order valence-corrected chi connectivity index (χ1v) is 12.7. The lowest BCUT2D eigenvalue weighted by atomic mass is 10.0. The van der Waals surface area contributed by atoms with Crippen LogP contribution in [0, 0.1) is 0 Å². The number of para-hydroxylation sites is 2. The van der Waals surface area contributed by atoms with Crippen molar-refractivity contribution in [2.24, 2.45) is 0 Å². The predicted molar refractivity (Wildman–Crippen MR) is 145 cm³/mol. The molecule has 0 radical (unpaired) electrons. The minimum atomic E-state index is -0.563. The molecular formula is C30H40N2O4. The number of aliphatic hydroxyl groups is 2. The molecule has 36 heavy (non-hydrogen) atoms. The molecule has 6 heteroatoms. The number of nitrogens with one attached hydrogen (secondary N) is 2. The van der Waals surface area contributed by atoms with Gasteiger partial charge in [0.1, 0.15) is 36.9 Å². The molecule has 0 aliphatic heterocycles. The van der Waals surface area contributed by atoms with Gasteiger partial charge in [0.2, 0.25) is 0 Å². The van der Waals surface area contributed by atoms with Gasteiger partial charge in [-0.05, 0) is 62.1 Å². The number of rotatable bonds is 16. The Kier molecular flexibility index (Phi) is 11.7. The molecule has 0 heterocycles. The molecule has 0 saturated carbocycles. The number of hydrogen-bond donors (Lipinski definition) is 4. The third-order valence-corrected chi connectivity index (χ3v) is 5.88. The summed E-state index contributed by atoms with van der Waals surface area (Å²) < 4.78 is 11.2. The average molecular weight is 493 g/mol. The molecule has 0 unspecified atom stereocenters. The van der Waals surface area contributed by atoms with Crippen LogP contribution in [0.5, 0.6) is 11.5 Å². The molecule has 0 spiro atoms. The first-order valence-electron chi connectivity index (χ1n) is 12.7. The van der Waals surface area contributed by atoms with Crippen molar-refractivity contribution in [1.29, 1.82) is 0 Å². The Balaban J connectivity index is 1.30. The van der Waals surface area contributed by atoms with Gasteiger partial charge in [-0.25, -0.2) is 0 Å². The first-order chi connectivity index (χ1) is 17.5. The van der Waals surface area contributed by atoms with Gasteiger partial charge >= 0.3 is 0 Å². The molecule has 194 valence electrons. The minimum absolute atomic E-state index is 0.238. The van der Waals surface area contributed by atoms with Crippen molar-refractivity contribution in [3.05, 3.63) is 96.1 Å². The molecule has 0 amide bonds. The van der Waals surface area contributed by atoms with E-state index in [0.717, 1.165) is 24.3 Å². The number of ether oxygens (including phenoxy) is 2. The SMILES string of the molecule is C[C@H](Cc1ccc(C[C@@H](C)NC[C@@H](O)COc2ccccc2)cc1)NC[C@@H](O)COc1ccccc1. The molecule has 0 aliphatic carbocycles. The summed E-state index contributed by atoms with van der Waals surface area (Å²) in [7, 11) is 0. The third-order valence-electron chi connectivity index (χ3n) is 5.88. The molecule has 3 aromatic rings. The summed E-state index contributed by atoms with van der Waals surface area (Å²) in [6.07, 6.45) is 0.641. The van der Waals surface area contributed by atoms with Gasteiger partial charge in [0, 0.05) is 25.2 Å². The Morgan fingerprint density at radius 1 is 0.583 bits per heavy atom. The van der Waals surface area contributed by atoms with Crippen LogP contribution < -0.4 is 20.1 Å². The van der Waals surface area contributed by atoms with Gasteiger partial charge in [-0.3, -0.25) is 0 Å². The van der Waals surface area contributed by atoms with Crippen molar-refractivity contribution >= 4 is 0 Å². The minimum Gasteiger partial charge on any atom is -0.491 e. The summed E-state index contributed by atoms with van der Waals surface area (Å²) in [6, 6.07) is 28.2. The molecule has 0 saturated heterocycles. The largest absolute Gasteiger partial charge is 0.491 e. The smallest absolute Gasteiger partial charge is 0.119 e. The second-order valence-electron chi connectivity index (χ2n) is 9.40. The van der Waals surface area contributed by atoms with Gasteiger partial charge < -0.3 is 30.3 Å². The van der Waals surface area contributed by atoms with Gasteiger partial charge in [-0.1, -0.05) is 60.7 Å². The Morgan fingerprint density at radius 3 is 1.31 bits per heavy atom. The topological polar surface area (TPSA) is 83.0 Å². The highest BCUT2D eigenvalue weighted by molar-refractivity contribution is 5.24. The van der Waals surface area contributed by atoms with Crippen LogP contribution in [0.4, 0.5) is 0 Å². The van der Waals surface area contributed by atoms with Crippen molar-refractivity contribution in [3.8, 4) is 11.5 Å². The molecule has 4 atom stereocenters. The van der Waals surface area contributed by atoms with Crippen molar-refractivity contribution in [2.45, 2.75) is 51.0 Å². The molecule has 6 nitrogen and oxygen atoms in total. The lowest BCUT2D eigenvalue weighted by Crippen LogP contribution is -2.37. The maximum Gasteiger partial charge on any atom is 0.119 e. The van der Waals surface area contributed by atoms with Gasteiger partial charge in [-0.15, -0.1) is 0 Å². The zero-order valence-electron chi connectivity index (χ0n) is 21.3. The van der Waals surface area contributed by atoms with E-state index in [0.29, 0.717) is 13.1 Å². The monoisotopic (exact) mass is 492 g/mol. The Labute approximate surface area is 215 Å². The van der Waals surface area contributed by atoms with Crippen LogP contribution in [0.3, 0.4) is 0 Å². The van der Waals surface area contributed by atoms with E-state index in [4.69, 9.17) is 9.47 Å². The fraction of sp³-hybridized carbons (Fsp3) is 0.400. The number of aliphatic hydroxyl groups excluding tert-OH is 2. The fourth-order valence-corrected chi connectivity index (χ4v) is 3.87. The number of benzene rings is 3. The molecule has 0 aromatic heterocycles. The summed E-state index contributed by atoms with van der Waals surface area (Å²) in [5.41, 5.74) is 2.51. The van der Waals surface area contributed by atoms with E-state index in [1.165, 1.54) is 11.1 Å². The van der Waals surface area contributed by atoms with E-state index in [1.807, 2.05) is 60.7 Å². The molecule has 0 aliphatic rings. The fourth-order valence-electron chi connectivity index (χ4n) is 3.87. The van der Waals surface area contributed by atoms with Crippen molar-refractivity contribution < 1.29 is 19.7 Å². The standard InChI is InChI=1S/C30H40N2O4/c1-23(31-19-27(33)21-35-29-9-5-3-6-10-29)17-25-13-15-26(16-14-25)18-24(2)32-20-28(34)22-36-30-11-7-4-8-12-30/h3-16,23-24,27-28,31-34H,17-22H2,1-2H3/t23-,24-,27-,28-/m1/s1. The second kappa shape index (κ2) is 15.3. The maximum absolute atomic E-state index is 10.2. The Hall–Kier alpha value is -2.90. The molecule has 0 bridgehead atoms. The van der Waals surface area contributed by atoms with E-state index in [9.17, 15) is 10.2 Å². The predicted octanol–water partition coefficient (Wildman–Crippen LogP) is 3.61. The number of hydrogen-bond acceptors (Lipinski definition) is 6. The van der Waals surface area contributed by atoms with Crippen molar-refractivity contribution in [1.82, 2.24) is 10.6 Å². The summed E-state index contributed by atoms with van der Waals surface area (Å²) in [4.78, 5) is 0. The van der Waals surface area contributed by atoms with E-state index >= 15 is 0 Å². The van der Waals surface area contributed by atoms with Crippen LogP contribution >= 0.6 is 0 Å². The van der Waals surface area contributed by atoms with Crippen LogP contribution in [0.25, 0.3) is 0 Å². The van der Waals surface area contributed by atoms with Crippen LogP contribution in [0.2, 0.25) is 0 Å². The third kappa shape index (κ3) is 10.8. The summed E-state index contributed by atoms with van der Waals surface area (Å²) in [5.74, 6) is 1.53. The van der Waals surface area contributed by atoms with Gasteiger partial charge in [0.15, 0.2) is 0 Å². The van der Waals surface area contributed by atoms with E-state index < -0.39 is 12.2 Å². The highest BCUT2D eigenvalue weighted by atomic mass is 16.5. The highest BCUT2D eigenvalue weighted by Gasteiger charge is 2.11. The average Bonchev–Trinajstić information content (AvgIpc) is 2.90. The molecule has 3 aromatic carbocycles. The van der Waals surface area contributed by atoms with Crippen LogP contribution in [0.15, 0.2) is 84.9 Å².